The third-order valence-electron chi connectivity index (χ3n) is 3.36. The van der Waals surface area contributed by atoms with Gasteiger partial charge >= 0.3 is 5.69 Å². The molecule has 0 amide bonds. The van der Waals surface area contributed by atoms with Crippen LogP contribution in [0.4, 0.5) is 0 Å². The van der Waals surface area contributed by atoms with E-state index in [4.69, 9.17) is 4.74 Å². The molecule has 0 spiro atoms. The van der Waals surface area contributed by atoms with E-state index in [0.29, 0.717) is 19.0 Å². The average Bonchev–Trinajstić information content (AvgIpc) is 2.99. The molecule has 24 heavy (non-hydrogen) atoms. The summed E-state index contributed by atoms with van der Waals surface area (Å²) < 4.78 is 35.4. The van der Waals surface area contributed by atoms with E-state index >= 15 is 0 Å². The fourth-order valence-corrected chi connectivity index (χ4v) is 3.13. The van der Waals surface area contributed by atoms with Gasteiger partial charge in [-0.15, -0.1) is 10.2 Å². The van der Waals surface area contributed by atoms with Crippen LogP contribution < -0.4 is 16.0 Å². The molecule has 0 radical (unpaired) electrons. The highest BCUT2D eigenvalue weighted by atomic mass is 32.2. The van der Waals surface area contributed by atoms with E-state index in [1.165, 1.54) is 20.4 Å². The molecular weight excluding hydrogens is 340 g/mol. The summed E-state index contributed by atoms with van der Waals surface area (Å²) in [5.74, 6) is 0.372. The van der Waals surface area contributed by atoms with Crippen molar-refractivity contribution >= 4 is 10.0 Å². The van der Waals surface area contributed by atoms with Gasteiger partial charge in [-0.25, -0.2) is 17.9 Å². The Kier molecular flexibility index (Phi) is 5.31. The number of aryl methyl sites for hydroxylation is 1. The zero-order valence-corrected chi connectivity index (χ0v) is 14.3. The number of aromatic nitrogens is 5. The van der Waals surface area contributed by atoms with Crippen LogP contribution in [0.3, 0.4) is 0 Å². The topological polar surface area (TPSA) is 130 Å². The maximum absolute atomic E-state index is 12.4. The van der Waals surface area contributed by atoms with Gasteiger partial charge in [-0.1, -0.05) is 0 Å². The first kappa shape index (κ1) is 18.0. The van der Waals surface area contributed by atoms with E-state index in [1.807, 2.05) is 0 Å². The molecule has 0 saturated heterocycles. The minimum Gasteiger partial charge on any atom is -0.383 e. The van der Waals surface area contributed by atoms with Gasteiger partial charge in [0, 0.05) is 33.9 Å². The molecule has 2 aromatic rings. The van der Waals surface area contributed by atoms with Crippen LogP contribution in [0.25, 0.3) is 0 Å². The van der Waals surface area contributed by atoms with Gasteiger partial charge in [0.2, 0.25) is 10.0 Å². The maximum atomic E-state index is 12.4. The molecule has 0 saturated carbocycles. The molecule has 0 aromatic carbocycles. The quantitative estimate of drug-likeness (QED) is 0.594. The minimum absolute atomic E-state index is 0.155. The van der Waals surface area contributed by atoms with E-state index in [2.05, 4.69) is 14.9 Å². The fourth-order valence-electron chi connectivity index (χ4n) is 1.99. The molecule has 0 fully saturated rings. The van der Waals surface area contributed by atoms with Gasteiger partial charge in [-0.3, -0.25) is 9.36 Å². The van der Waals surface area contributed by atoms with Crippen molar-refractivity contribution in [3.05, 3.63) is 39.2 Å². The molecule has 12 heteroatoms. The summed E-state index contributed by atoms with van der Waals surface area (Å²) in [6.45, 7) is 0.722. The van der Waals surface area contributed by atoms with Crippen LogP contribution in [-0.4, -0.2) is 46.0 Å². The normalized spacial score (nSPS) is 11.8. The number of rotatable bonds is 7. The van der Waals surface area contributed by atoms with Gasteiger partial charge in [-0.2, -0.15) is 0 Å². The van der Waals surface area contributed by atoms with Crippen molar-refractivity contribution in [2.75, 3.05) is 13.7 Å². The summed E-state index contributed by atoms with van der Waals surface area (Å²) >= 11 is 0. The highest BCUT2D eigenvalue weighted by Crippen LogP contribution is 2.02. The predicted molar refractivity (Wildman–Crippen MR) is 82.8 cm³/mol. The summed E-state index contributed by atoms with van der Waals surface area (Å²) in [5.41, 5.74) is -1.51. The van der Waals surface area contributed by atoms with Gasteiger partial charge in [-0.05, 0) is 0 Å². The molecule has 0 aliphatic carbocycles. The summed E-state index contributed by atoms with van der Waals surface area (Å²) in [7, 11) is -0.00101. The van der Waals surface area contributed by atoms with Crippen LogP contribution in [0.15, 0.2) is 27.0 Å². The van der Waals surface area contributed by atoms with Crippen LogP contribution >= 0.6 is 0 Å². The van der Waals surface area contributed by atoms with E-state index in [-0.39, 0.29) is 6.54 Å². The van der Waals surface area contributed by atoms with Crippen molar-refractivity contribution in [1.29, 1.82) is 0 Å². The summed E-state index contributed by atoms with van der Waals surface area (Å²) in [6, 6.07) is 0. The zero-order chi connectivity index (χ0) is 17.9. The molecule has 0 aliphatic heterocycles. The number of hydrogen-bond acceptors (Lipinski definition) is 7. The van der Waals surface area contributed by atoms with Crippen molar-refractivity contribution in [3.63, 3.8) is 0 Å². The summed E-state index contributed by atoms with van der Waals surface area (Å²) in [6.07, 6.45) is 2.44. The van der Waals surface area contributed by atoms with Gasteiger partial charge in [0.25, 0.3) is 5.56 Å². The third kappa shape index (κ3) is 3.60. The molecule has 1 N–H and O–H groups in total. The van der Waals surface area contributed by atoms with E-state index < -0.39 is 26.2 Å². The Bertz CT molecular complexity index is 942. The largest absolute Gasteiger partial charge is 0.383 e. The highest BCUT2D eigenvalue weighted by molar-refractivity contribution is 7.89. The zero-order valence-electron chi connectivity index (χ0n) is 13.5. The molecule has 0 aliphatic rings. The minimum atomic E-state index is -4.12. The van der Waals surface area contributed by atoms with Crippen molar-refractivity contribution in [2.45, 2.75) is 18.0 Å². The van der Waals surface area contributed by atoms with Gasteiger partial charge in [0.15, 0.2) is 4.90 Å². The smallest absolute Gasteiger partial charge is 0.330 e. The standard InChI is InChI=1S/C12H18N6O5S/c1-16-7-9(11(19)17(2)12(16)20)24(21,22)14-6-10-15-13-8-18(10)4-5-23-3/h7-8,14H,4-6H2,1-3H3. The first-order valence-corrected chi connectivity index (χ1v) is 8.38. The van der Waals surface area contributed by atoms with Crippen LogP contribution in [0.2, 0.25) is 0 Å². The highest BCUT2D eigenvalue weighted by Gasteiger charge is 2.22. The van der Waals surface area contributed by atoms with Crippen molar-refractivity contribution in [3.8, 4) is 0 Å². The Labute approximate surface area is 137 Å². The number of nitrogens with zero attached hydrogens (tertiary/aromatic N) is 5. The molecule has 0 atom stereocenters. The van der Waals surface area contributed by atoms with Gasteiger partial charge in [0.05, 0.1) is 13.2 Å². The Morgan fingerprint density at radius 2 is 2.00 bits per heavy atom. The molecule has 132 valence electrons. The van der Waals surface area contributed by atoms with Crippen LogP contribution in [-0.2, 0) is 41.9 Å². The number of methoxy groups -OCH3 is 1. The molecule has 2 aromatic heterocycles. The average molecular weight is 358 g/mol. The number of ether oxygens (including phenoxy) is 1. The van der Waals surface area contributed by atoms with E-state index in [9.17, 15) is 18.0 Å². The molecule has 2 rings (SSSR count). The van der Waals surface area contributed by atoms with Gasteiger partial charge in [0.1, 0.15) is 12.2 Å². The van der Waals surface area contributed by atoms with Crippen molar-refractivity contribution < 1.29 is 13.2 Å². The molecule has 2 heterocycles. The number of sulfonamides is 1. The summed E-state index contributed by atoms with van der Waals surface area (Å²) in [4.78, 5) is 23.2. The third-order valence-corrected chi connectivity index (χ3v) is 4.74. The Morgan fingerprint density at radius 3 is 2.67 bits per heavy atom. The lowest BCUT2D eigenvalue weighted by atomic mass is 10.5. The second-order valence-electron chi connectivity index (χ2n) is 5.01. The van der Waals surface area contributed by atoms with Crippen LogP contribution in [0.5, 0.6) is 0 Å². The fraction of sp³-hybridized carbons (Fsp3) is 0.500. The van der Waals surface area contributed by atoms with E-state index in [0.717, 1.165) is 15.3 Å². The van der Waals surface area contributed by atoms with Crippen LogP contribution in [0, 0.1) is 0 Å². The van der Waals surface area contributed by atoms with Crippen molar-refractivity contribution in [1.82, 2.24) is 28.6 Å². The second-order valence-corrected chi connectivity index (χ2v) is 6.74. The Balaban J connectivity index is 2.26. The van der Waals surface area contributed by atoms with Crippen LogP contribution in [0.1, 0.15) is 5.82 Å². The second kappa shape index (κ2) is 7.07. The lowest BCUT2D eigenvalue weighted by molar-refractivity contribution is 0.186. The Morgan fingerprint density at radius 1 is 1.29 bits per heavy atom. The maximum Gasteiger partial charge on any atom is 0.330 e. The first-order chi connectivity index (χ1) is 11.3. The summed E-state index contributed by atoms with van der Waals surface area (Å²) in [5, 5.41) is 7.55. The molecular formula is C12H18N6O5S. The number of nitrogens with one attached hydrogen (secondary N) is 1. The van der Waals surface area contributed by atoms with Crippen molar-refractivity contribution in [2.24, 2.45) is 14.1 Å². The molecule has 0 bridgehead atoms. The molecule has 0 unspecified atom stereocenters. The Hall–Kier alpha value is -2.31. The first-order valence-electron chi connectivity index (χ1n) is 6.90. The SMILES string of the molecule is COCCn1cnnc1CNS(=O)(=O)c1cn(C)c(=O)n(C)c1=O. The monoisotopic (exact) mass is 358 g/mol. The van der Waals surface area contributed by atoms with E-state index in [1.54, 1.807) is 11.7 Å². The number of hydrogen-bond donors (Lipinski definition) is 1. The van der Waals surface area contributed by atoms with Gasteiger partial charge < -0.3 is 13.9 Å². The lowest BCUT2D eigenvalue weighted by Crippen LogP contribution is -2.41. The molecule has 11 nitrogen and oxygen atoms in total. The lowest BCUT2D eigenvalue weighted by Gasteiger charge is -2.10. The predicted octanol–water partition coefficient (Wildman–Crippen LogP) is -2.20.